The predicted octanol–water partition coefficient (Wildman–Crippen LogP) is -0.495. The lowest BCUT2D eigenvalue weighted by Gasteiger charge is -2.22. The van der Waals surface area contributed by atoms with Crippen molar-refractivity contribution in [1.82, 2.24) is 5.32 Å². The fourth-order valence-electron chi connectivity index (χ4n) is 2.74. The van der Waals surface area contributed by atoms with Gasteiger partial charge in [-0.05, 0) is 25.2 Å². The minimum Gasteiger partial charge on any atom is -0.352 e. The molecule has 19 heavy (non-hydrogen) atoms. The van der Waals surface area contributed by atoms with Crippen molar-refractivity contribution in [3.63, 3.8) is 0 Å². The van der Waals surface area contributed by atoms with Crippen molar-refractivity contribution in [3.8, 4) is 0 Å². The van der Waals surface area contributed by atoms with Gasteiger partial charge in [-0.3, -0.25) is 4.79 Å². The summed E-state index contributed by atoms with van der Waals surface area (Å²) < 4.78 is 45.5. The molecule has 2 aliphatic rings. The van der Waals surface area contributed by atoms with Gasteiger partial charge in [0.15, 0.2) is 19.7 Å². The zero-order valence-corrected chi connectivity index (χ0v) is 12.3. The second-order valence-corrected chi connectivity index (χ2v) is 9.95. The first kappa shape index (κ1) is 14.8. The van der Waals surface area contributed by atoms with Crippen molar-refractivity contribution in [2.45, 2.75) is 31.7 Å². The van der Waals surface area contributed by atoms with Crippen molar-refractivity contribution in [2.24, 2.45) is 5.92 Å². The maximum atomic E-state index is 11.8. The monoisotopic (exact) mass is 309 g/mol. The number of carbonyl (C=O) groups excluding carboxylic acids is 1. The molecule has 0 bridgehead atoms. The number of sulfone groups is 2. The van der Waals surface area contributed by atoms with Gasteiger partial charge in [-0.1, -0.05) is 0 Å². The van der Waals surface area contributed by atoms with E-state index in [4.69, 9.17) is 0 Å². The highest BCUT2D eigenvalue weighted by atomic mass is 32.2. The lowest BCUT2D eigenvalue weighted by Crippen LogP contribution is -2.38. The molecule has 0 aromatic rings. The molecule has 2 saturated heterocycles. The molecule has 0 radical (unpaired) electrons. The SMILES string of the molecule is O=C(CC1CCCS(=O)(=O)C1)NC1CCS(=O)(=O)C1. The van der Waals surface area contributed by atoms with Crippen LogP contribution >= 0.6 is 0 Å². The summed E-state index contributed by atoms with van der Waals surface area (Å²) in [5.41, 5.74) is 0. The molecule has 2 aliphatic heterocycles. The van der Waals surface area contributed by atoms with E-state index in [-0.39, 0.29) is 47.3 Å². The van der Waals surface area contributed by atoms with E-state index in [1.54, 1.807) is 0 Å². The highest BCUT2D eigenvalue weighted by Crippen LogP contribution is 2.21. The lowest BCUT2D eigenvalue weighted by molar-refractivity contribution is -0.122. The molecule has 8 heteroatoms. The van der Waals surface area contributed by atoms with Gasteiger partial charge in [-0.15, -0.1) is 0 Å². The van der Waals surface area contributed by atoms with Crippen LogP contribution in [0.15, 0.2) is 0 Å². The summed E-state index contributed by atoms with van der Waals surface area (Å²) in [5, 5.41) is 2.70. The van der Waals surface area contributed by atoms with Crippen LogP contribution in [0.5, 0.6) is 0 Å². The molecule has 6 nitrogen and oxygen atoms in total. The third-order valence-corrected chi connectivity index (χ3v) is 7.29. The Hall–Kier alpha value is -0.630. The van der Waals surface area contributed by atoms with Gasteiger partial charge in [0.2, 0.25) is 5.91 Å². The minimum atomic E-state index is -3.00. The molecule has 1 amide bonds. The summed E-state index contributed by atoms with van der Waals surface area (Å²) in [6.07, 6.45) is 1.99. The Morgan fingerprint density at radius 2 is 1.68 bits per heavy atom. The first-order chi connectivity index (χ1) is 8.76. The normalized spacial score (nSPS) is 32.8. The average molecular weight is 309 g/mol. The van der Waals surface area contributed by atoms with Crippen molar-refractivity contribution in [3.05, 3.63) is 0 Å². The minimum absolute atomic E-state index is 0.00169. The number of rotatable bonds is 3. The van der Waals surface area contributed by atoms with Crippen LogP contribution in [0.4, 0.5) is 0 Å². The van der Waals surface area contributed by atoms with Crippen LogP contribution in [-0.2, 0) is 24.5 Å². The van der Waals surface area contributed by atoms with Crippen LogP contribution in [0, 0.1) is 5.92 Å². The highest BCUT2D eigenvalue weighted by Gasteiger charge is 2.31. The number of nitrogens with one attached hydrogen (secondary N) is 1. The van der Waals surface area contributed by atoms with Crippen molar-refractivity contribution < 1.29 is 21.6 Å². The molecule has 2 atom stereocenters. The molecular formula is C11H19NO5S2. The van der Waals surface area contributed by atoms with Gasteiger partial charge in [0.05, 0.1) is 23.0 Å². The molecular weight excluding hydrogens is 290 g/mol. The van der Waals surface area contributed by atoms with Gasteiger partial charge >= 0.3 is 0 Å². The number of hydrogen-bond donors (Lipinski definition) is 1. The van der Waals surface area contributed by atoms with Crippen molar-refractivity contribution in [2.75, 3.05) is 23.0 Å². The fraction of sp³-hybridized carbons (Fsp3) is 0.909. The Bertz CT molecular complexity index is 552. The van der Waals surface area contributed by atoms with Crippen molar-refractivity contribution >= 4 is 25.6 Å². The van der Waals surface area contributed by atoms with Gasteiger partial charge < -0.3 is 5.32 Å². The molecule has 110 valence electrons. The Labute approximate surface area is 113 Å². The second-order valence-electron chi connectivity index (χ2n) is 5.49. The van der Waals surface area contributed by atoms with E-state index >= 15 is 0 Å². The predicted molar refractivity (Wildman–Crippen MR) is 71.2 cm³/mol. The van der Waals surface area contributed by atoms with Gasteiger partial charge in [0.1, 0.15) is 0 Å². The zero-order chi connectivity index (χ0) is 14.1. The Morgan fingerprint density at radius 3 is 2.26 bits per heavy atom. The number of carbonyl (C=O) groups is 1. The maximum absolute atomic E-state index is 11.8. The van der Waals surface area contributed by atoms with Gasteiger partial charge in [0.25, 0.3) is 0 Å². The first-order valence-electron chi connectivity index (χ1n) is 6.46. The molecule has 1 N–H and O–H groups in total. The van der Waals surface area contributed by atoms with E-state index in [1.165, 1.54) is 0 Å². The molecule has 0 saturated carbocycles. The van der Waals surface area contributed by atoms with Crippen LogP contribution in [-0.4, -0.2) is 51.8 Å². The maximum Gasteiger partial charge on any atom is 0.220 e. The van der Waals surface area contributed by atoms with E-state index in [9.17, 15) is 21.6 Å². The summed E-state index contributed by atoms with van der Waals surface area (Å²) >= 11 is 0. The molecule has 2 fully saturated rings. The largest absolute Gasteiger partial charge is 0.352 e. The molecule has 0 aliphatic carbocycles. The van der Waals surface area contributed by atoms with Crippen LogP contribution in [0.2, 0.25) is 0 Å². The Balaban J connectivity index is 1.82. The molecule has 0 aromatic carbocycles. The van der Waals surface area contributed by atoms with Gasteiger partial charge in [0, 0.05) is 12.5 Å². The summed E-state index contributed by atoms with van der Waals surface area (Å²) in [4.78, 5) is 11.8. The smallest absolute Gasteiger partial charge is 0.220 e. The molecule has 2 rings (SSSR count). The second kappa shape index (κ2) is 5.40. The van der Waals surface area contributed by atoms with Crippen LogP contribution < -0.4 is 5.32 Å². The topological polar surface area (TPSA) is 97.4 Å². The zero-order valence-electron chi connectivity index (χ0n) is 10.7. The number of hydrogen-bond acceptors (Lipinski definition) is 5. The molecule has 0 aromatic heterocycles. The van der Waals surface area contributed by atoms with E-state index in [2.05, 4.69) is 5.32 Å². The summed E-state index contributed by atoms with van der Waals surface area (Å²) in [6.45, 7) is 0. The average Bonchev–Trinajstić information content (AvgIpc) is 2.56. The first-order valence-corrected chi connectivity index (χ1v) is 10.1. The Kier molecular flexibility index (Phi) is 4.20. The van der Waals surface area contributed by atoms with Crippen LogP contribution in [0.3, 0.4) is 0 Å². The summed E-state index contributed by atoms with van der Waals surface area (Å²) in [5.74, 6) is 0.0493. The Morgan fingerprint density at radius 1 is 1.00 bits per heavy atom. The van der Waals surface area contributed by atoms with Crippen LogP contribution in [0.25, 0.3) is 0 Å². The quantitative estimate of drug-likeness (QED) is 0.758. The standard InChI is InChI=1S/C11H19NO5S2/c13-11(12-10-3-5-19(16,17)8-10)6-9-2-1-4-18(14,15)7-9/h9-10H,1-8H2,(H,12,13). The van der Waals surface area contributed by atoms with Crippen LogP contribution in [0.1, 0.15) is 25.7 Å². The third-order valence-electron chi connectivity index (χ3n) is 3.63. The third kappa shape index (κ3) is 4.45. The molecule has 2 unspecified atom stereocenters. The highest BCUT2D eigenvalue weighted by molar-refractivity contribution is 7.91. The van der Waals surface area contributed by atoms with Gasteiger partial charge in [-0.2, -0.15) is 0 Å². The lowest BCUT2D eigenvalue weighted by atomic mass is 10.0. The van der Waals surface area contributed by atoms with E-state index in [0.717, 1.165) is 6.42 Å². The van der Waals surface area contributed by atoms with E-state index < -0.39 is 19.7 Å². The number of amides is 1. The van der Waals surface area contributed by atoms with Gasteiger partial charge in [-0.25, -0.2) is 16.8 Å². The molecule has 2 heterocycles. The van der Waals surface area contributed by atoms with E-state index in [1.807, 2.05) is 0 Å². The molecule has 0 spiro atoms. The summed E-state index contributed by atoms with van der Waals surface area (Å²) in [6, 6.07) is -0.308. The summed E-state index contributed by atoms with van der Waals surface area (Å²) in [7, 11) is -6.00. The van der Waals surface area contributed by atoms with E-state index in [0.29, 0.717) is 12.8 Å². The fourth-order valence-corrected chi connectivity index (χ4v) is 6.19. The van der Waals surface area contributed by atoms with Crippen molar-refractivity contribution in [1.29, 1.82) is 0 Å².